The van der Waals surface area contributed by atoms with Crippen LogP contribution >= 0.6 is 23.1 Å². The van der Waals surface area contributed by atoms with E-state index in [-0.39, 0.29) is 22.5 Å². The van der Waals surface area contributed by atoms with Crippen LogP contribution in [0.2, 0.25) is 0 Å². The lowest BCUT2D eigenvalue weighted by Crippen LogP contribution is -2.24. The maximum atomic E-state index is 13.3. The van der Waals surface area contributed by atoms with Crippen molar-refractivity contribution >= 4 is 44.2 Å². The monoisotopic (exact) mass is 484 g/mol. The average Bonchev–Trinajstić information content (AvgIpc) is 3.06. The summed E-state index contributed by atoms with van der Waals surface area (Å²) in [4.78, 5) is 40.3. The van der Waals surface area contributed by atoms with Gasteiger partial charge in [-0.2, -0.15) is 0 Å². The van der Waals surface area contributed by atoms with E-state index in [1.165, 1.54) is 23.1 Å². The number of ether oxygens (including phenoxy) is 1. The molecule has 1 atom stereocenters. The molecule has 0 radical (unpaired) electrons. The third-order valence-electron chi connectivity index (χ3n) is 5.53. The van der Waals surface area contributed by atoms with Crippen LogP contribution in [0.3, 0.4) is 0 Å². The van der Waals surface area contributed by atoms with Crippen LogP contribution in [0.25, 0.3) is 21.1 Å². The molecule has 7 nitrogen and oxygen atoms in total. The van der Waals surface area contributed by atoms with Gasteiger partial charge in [-0.05, 0) is 58.7 Å². The summed E-state index contributed by atoms with van der Waals surface area (Å²) in [6, 6.07) is 7.38. The fourth-order valence-electron chi connectivity index (χ4n) is 3.65. The molecule has 1 unspecified atom stereocenters. The van der Waals surface area contributed by atoms with Crippen molar-refractivity contribution in [1.29, 1.82) is 0 Å². The van der Waals surface area contributed by atoms with Crippen molar-refractivity contribution in [3.63, 3.8) is 0 Å². The second-order valence-electron chi connectivity index (χ2n) is 8.32. The van der Waals surface area contributed by atoms with Gasteiger partial charge in [-0.25, -0.2) is 9.97 Å². The van der Waals surface area contributed by atoms with Crippen LogP contribution in [0.4, 0.5) is 0 Å². The molecule has 4 rings (SSSR count). The zero-order chi connectivity index (χ0) is 23.7. The smallest absolute Gasteiger partial charge is 0.262 e. The first-order valence-corrected chi connectivity index (χ1v) is 12.7. The number of H-pyrrole nitrogens is 1. The number of hydrogen-bond donors (Lipinski definition) is 1. The second kappa shape index (κ2) is 9.79. The van der Waals surface area contributed by atoms with Crippen molar-refractivity contribution < 1.29 is 4.74 Å². The number of aryl methyl sites for hydroxylation is 2. The van der Waals surface area contributed by atoms with Gasteiger partial charge in [0.25, 0.3) is 11.1 Å². The van der Waals surface area contributed by atoms with Gasteiger partial charge in [0.2, 0.25) is 0 Å². The number of para-hydroxylation sites is 1. The lowest BCUT2D eigenvalue weighted by Gasteiger charge is -2.16. The van der Waals surface area contributed by atoms with Crippen molar-refractivity contribution in [3.8, 4) is 0 Å². The van der Waals surface area contributed by atoms with E-state index >= 15 is 0 Å². The quantitative estimate of drug-likeness (QED) is 0.216. The Morgan fingerprint density at radius 2 is 1.91 bits per heavy atom. The first-order chi connectivity index (χ1) is 15.8. The van der Waals surface area contributed by atoms with E-state index in [0.29, 0.717) is 46.8 Å². The number of nitrogens with one attached hydrogen (secondary N) is 1. The van der Waals surface area contributed by atoms with Crippen molar-refractivity contribution in [1.82, 2.24) is 19.5 Å². The van der Waals surface area contributed by atoms with Crippen LogP contribution in [0.5, 0.6) is 0 Å². The SMILES string of the molecule is Cc1sc2nc(C(C)Sc3nc4ccccc4c(=O)n3CCCOC(C)C)[nH]c(=O)c2c1C. The van der Waals surface area contributed by atoms with Gasteiger partial charge in [0.05, 0.1) is 27.6 Å². The van der Waals surface area contributed by atoms with Crippen LogP contribution in [0, 0.1) is 13.8 Å². The van der Waals surface area contributed by atoms with Gasteiger partial charge < -0.3 is 9.72 Å². The predicted molar refractivity (Wildman–Crippen MR) is 136 cm³/mol. The van der Waals surface area contributed by atoms with Crippen molar-refractivity contribution in [2.75, 3.05) is 6.61 Å². The molecule has 1 N–H and O–H groups in total. The molecule has 0 aliphatic carbocycles. The summed E-state index contributed by atoms with van der Waals surface area (Å²) < 4.78 is 7.37. The standard InChI is InChI=1S/C24H28N4O3S2/c1-13(2)31-12-8-11-28-23(30)17-9-6-7-10-18(17)25-24(28)33-16(5)20-26-21(29)19-14(3)15(4)32-22(19)27-20/h6-7,9-10,13,16H,8,11-12H2,1-5H3,(H,26,27,29). The molecule has 3 heterocycles. The molecule has 33 heavy (non-hydrogen) atoms. The van der Waals surface area contributed by atoms with E-state index in [2.05, 4.69) is 4.98 Å². The molecular formula is C24H28N4O3S2. The second-order valence-corrected chi connectivity index (χ2v) is 10.8. The molecule has 4 aromatic rings. The van der Waals surface area contributed by atoms with E-state index in [0.717, 1.165) is 15.3 Å². The summed E-state index contributed by atoms with van der Waals surface area (Å²) in [5.41, 5.74) is 1.44. The Balaban J connectivity index is 1.69. The number of fused-ring (bicyclic) bond motifs is 2. The third-order valence-corrected chi connectivity index (χ3v) is 7.73. The number of aromatic amines is 1. The van der Waals surface area contributed by atoms with Gasteiger partial charge in [0, 0.05) is 18.0 Å². The first kappa shape index (κ1) is 23.7. The van der Waals surface area contributed by atoms with Crippen LogP contribution < -0.4 is 11.1 Å². The van der Waals surface area contributed by atoms with Crippen molar-refractivity contribution in [2.45, 2.75) is 64.1 Å². The maximum absolute atomic E-state index is 13.3. The topological polar surface area (TPSA) is 89.9 Å². The number of rotatable bonds is 8. The zero-order valence-electron chi connectivity index (χ0n) is 19.5. The molecule has 0 spiro atoms. The number of aromatic nitrogens is 4. The largest absolute Gasteiger partial charge is 0.379 e. The molecular weight excluding hydrogens is 456 g/mol. The van der Waals surface area contributed by atoms with Gasteiger partial charge in [-0.3, -0.25) is 14.2 Å². The normalized spacial score (nSPS) is 12.8. The van der Waals surface area contributed by atoms with Crippen molar-refractivity contribution in [2.24, 2.45) is 0 Å². The van der Waals surface area contributed by atoms with Crippen LogP contribution in [-0.4, -0.2) is 32.2 Å². The van der Waals surface area contributed by atoms with Crippen LogP contribution in [0.15, 0.2) is 39.0 Å². The number of thiophene rings is 1. The summed E-state index contributed by atoms with van der Waals surface area (Å²) in [7, 11) is 0. The molecule has 3 aromatic heterocycles. The minimum atomic E-state index is -0.198. The Morgan fingerprint density at radius 3 is 2.67 bits per heavy atom. The van der Waals surface area contributed by atoms with Gasteiger partial charge in [0.1, 0.15) is 10.7 Å². The maximum Gasteiger partial charge on any atom is 0.262 e. The average molecular weight is 485 g/mol. The highest BCUT2D eigenvalue weighted by atomic mass is 32.2. The highest BCUT2D eigenvalue weighted by Gasteiger charge is 2.19. The van der Waals surface area contributed by atoms with E-state index < -0.39 is 0 Å². The summed E-state index contributed by atoms with van der Waals surface area (Å²) in [5.74, 6) is 0.579. The highest BCUT2D eigenvalue weighted by molar-refractivity contribution is 7.99. The Morgan fingerprint density at radius 1 is 1.15 bits per heavy atom. The molecule has 0 saturated carbocycles. The van der Waals surface area contributed by atoms with Gasteiger partial charge >= 0.3 is 0 Å². The molecule has 0 amide bonds. The fourth-order valence-corrected chi connectivity index (χ4v) is 5.68. The van der Waals surface area contributed by atoms with Crippen molar-refractivity contribution in [3.05, 3.63) is 61.2 Å². The minimum absolute atomic E-state index is 0.0683. The highest BCUT2D eigenvalue weighted by Crippen LogP contribution is 2.34. The lowest BCUT2D eigenvalue weighted by atomic mass is 10.2. The van der Waals surface area contributed by atoms with Gasteiger partial charge in [-0.15, -0.1) is 11.3 Å². The fraction of sp³-hybridized carbons (Fsp3) is 0.417. The molecule has 0 aliphatic rings. The van der Waals surface area contributed by atoms with E-state index in [9.17, 15) is 9.59 Å². The number of hydrogen-bond acceptors (Lipinski definition) is 7. The number of nitrogens with zero attached hydrogens (tertiary/aromatic N) is 3. The third kappa shape index (κ3) is 4.90. The van der Waals surface area contributed by atoms with E-state index in [1.54, 1.807) is 10.6 Å². The summed E-state index contributed by atoms with van der Waals surface area (Å²) >= 11 is 2.96. The number of benzene rings is 1. The molecule has 174 valence electrons. The van der Waals surface area contributed by atoms with E-state index in [4.69, 9.17) is 14.7 Å². The van der Waals surface area contributed by atoms with Crippen LogP contribution in [-0.2, 0) is 11.3 Å². The molecule has 1 aromatic carbocycles. The zero-order valence-corrected chi connectivity index (χ0v) is 21.1. The summed E-state index contributed by atoms with van der Waals surface area (Å²) in [5, 5.41) is 1.66. The summed E-state index contributed by atoms with van der Waals surface area (Å²) in [6.45, 7) is 11.0. The first-order valence-electron chi connectivity index (χ1n) is 11.0. The van der Waals surface area contributed by atoms with Gasteiger partial charge in [-0.1, -0.05) is 23.9 Å². The number of thioether (sulfide) groups is 1. The molecule has 9 heteroatoms. The predicted octanol–water partition coefficient (Wildman–Crippen LogP) is 4.98. The van der Waals surface area contributed by atoms with Gasteiger partial charge in [0.15, 0.2) is 5.16 Å². The Bertz CT molecular complexity index is 1420. The Hall–Kier alpha value is -2.49. The summed E-state index contributed by atoms with van der Waals surface area (Å²) in [6.07, 6.45) is 0.849. The Kier molecular flexibility index (Phi) is 7.02. The molecule has 0 saturated heterocycles. The molecule has 0 fully saturated rings. The minimum Gasteiger partial charge on any atom is -0.379 e. The van der Waals surface area contributed by atoms with E-state index in [1.807, 2.05) is 52.8 Å². The Labute approximate surface area is 200 Å². The molecule has 0 bridgehead atoms. The van der Waals surface area contributed by atoms with Crippen LogP contribution in [0.1, 0.15) is 48.7 Å². The lowest BCUT2D eigenvalue weighted by molar-refractivity contribution is 0.0743. The molecule has 0 aliphatic heterocycles.